The Bertz CT molecular complexity index is 1110. The lowest BCUT2D eigenvalue weighted by Crippen LogP contribution is -2.36. The van der Waals surface area contributed by atoms with Gasteiger partial charge in [0.1, 0.15) is 16.2 Å². The lowest BCUT2D eigenvalue weighted by Gasteiger charge is -2.28. The summed E-state index contributed by atoms with van der Waals surface area (Å²) in [6.07, 6.45) is 5.03. The number of hydrogen-bond donors (Lipinski definition) is 1. The Morgan fingerprint density at radius 1 is 1.25 bits per heavy atom. The molecular formula is C24H28N4O2S2. The van der Waals surface area contributed by atoms with Gasteiger partial charge in [0, 0.05) is 34.7 Å². The van der Waals surface area contributed by atoms with Crippen molar-refractivity contribution < 1.29 is 9.53 Å². The topological polar surface area (TPSA) is 67.4 Å². The number of thiophene rings is 1. The van der Waals surface area contributed by atoms with E-state index in [4.69, 9.17) is 4.74 Å². The number of aryl methyl sites for hydroxylation is 1. The van der Waals surface area contributed by atoms with Gasteiger partial charge in [-0.25, -0.2) is 9.97 Å². The second-order valence-electron chi connectivity index (χ2n) is 8.61. The molecule has 0 saturated carbocycles. The predicted octanol–water partition coefficient (Wildman–Crippen LogP) is 4.77. The fourth-order valence-corrected chi connectivity index (χ4v) is 6.74. The number of anilines is 2. The van der Waals surface area contributed by atoms with E-state index in [-0.39, 0.29) is 11.2 Å². The SMILES string of the molecule is C[C@H]1CCc2c(sc3ncnc(S[C@@H](C)C(=O)Nc4ccc(N5CCOCC5)cc4)c23)C1. The van der Waals surface area contributed by atoms with E-state index in [2.05, 4.69) is 39.2 Å². The van der Waals surface area contributed by atoms with E-state index in [0.29, 0.717) is 0 Å². The second kappa shape index (κ2) is 9.37. The van der Waals surface area contributed by atoms with Crippen molar-refractivity contribution >= 4 is 50.6 Å². The van der Waals surface area contributed by atoms with Crippen molar-refractivity contribution in [2.75, 3.05) is 36.5 Å². The first kappa shape index (κ1) is 21.7. The zero-order valence-corrected chi connectivity index (χ0v) is 20.1. The van der Waals surface area contributed by atoms with Gasteiger partial charge < -0.3 is 15.0 Å². The summed E-state index contributed by atoms with van der Waals surface area (Å²) in [5.74, 6) is 0.706. The highest BCUT2D eigenvalue weighted by molar-refractivity contribution is 8.00. The summed E-state index contributed by atoms with van der Waals surface area (Å²) in [5.41, 5.74) is 3.38. The molecule has 1 N–H and O–H groups in total. The predicted molar refractivity (Wildman–Crippen MR) is 132 cm³/mol. The zero-order valence-electron chi connectivity index (χ0n) is 18.5. The minimum atomic E-state index is -0.259. The number of amides is 1. The Labute approximate surface area is 196 Å². The summed E-state index contributed by atoms with van der Waals surface area (Å²) in [7, 11) is 0. The van der Waals surface area contributed by atoms with Crippen molar-refractivity contribution in [1.82, 2.24) is 9.97 Å². The van der Waals surface area contributed by atoms with Crippen LogP contribution in [0.3, 0.4) is 0 Å². The molecule has 3 heterocycles. The molecule has 3 aromatic rings. The highest BCUT2D eigenvalue weighted by atomic mass is 32.2. The molecule has 0 radical (unpaired) electrons. The lowest BCUT2D eigenvalue weighted by molar-refractivity contribution is -0.115. The highest BCUT2D eigenvalue weighted by Crippen LogP contribution is 2.41. The standard InChI is InChI=1S/C24H28N4O2S2/c1-15-3-8-19-20(13-15)32-24-21(19)23(25-14-26-24)31-16(2)22(29)27-17-4-6-18(7-5-17)28-9-11-30-12-10-28/h4-7,14-16H,3,8-13H2,1-2H3,(H,27,29)/t15-,16-/m0/s1. The normalized spacial score (nSPS) is 19.6. The van der Waals surface area contributed by atoms with Gasteiger partial charge in [-0.3, -0.25) is 4.79 Å². The summed E-state index contributed by atoms with van der Waals surface area (Å²) in [5, 5.41) is 4.89. The zero-order chi connectivity index (χ0) is 22.1. The van der Waals surface area contributed by atoms with E-state index in [1.165, 1.54) is 34.0 Å². The molecule has 1 aromatic carbocycles. The molecule has 1 amide bonds. The van der Waals surface area contributed by atoms with E-state index in [0.717, 1.165) is 66.3 Å². The third-order valence-electron chi connectivity index (χ3n) is 6.23. The highest BCUT2D eigenvalue weighted by Gasteiger charge is 2.25. The number of nitrogens with zero attached hydrogens (tertiary/aromatic N) is 3. The quantitative estimate of drug-likeness (QED) is 0.430. The van der Waals surface area contributed by atoms with Crippen LogP contribution in [-0.4, -0.2) is 47.4 Å². The lowest BCUT2D eigenvalue weighted by atomic mass is 9.89. The Morgan fingerprint density at radius 2 is 2.03 bits per heavy atom. The molecule has 32 heavy (non-hydrogen) atoms. The van der Waals surface area contributed by atoms with E-state index in [1.807, 2.05) is 19.1 Å². The smallest absolute Gasteiger partial charge is 0.237 e. The van der Waals surface area contributed by atoms with Crippen LogP contribution >= 0.6 is 23.1 Å². The van der Waals surface area contributed by atoms with Gasteiger partial charge in [-0.2, -0.15) is 0 Å². The molecule has 2 aromatic heterocycles. The number of hydrogen-bond acceptors (Lipinski definition) is 7. The summed E-state index contributed by atoms with van der Waals surface area (Å²) in [4.78, 5) is 26.8. The number of carbonyl (C=O) groups is 1. The monoisotopic (exact) mass is 468 g/mol. The van der Waals surface area contributed by atoms with Crippen LogP contribution in [0.15, 0.2) is 35.6 Å². The summed E-state index contributed by atoms with van der Waals surface area (Å²) in [6, 6.07) is 8.06. The molecule has 0 unspecified atom stereocenters. The Kier molecular flexibility index (Phi) is 6.35. The van der Waals surface area contributed by atoms with Gasteiger partial charge >= 0.3 is 0 Å². The minimum Gasteiger partial charge on any atom is -0.378 e. The van der Waals surface area contributed by atoms with Crippen LogP contribution in [0.5, 0.6) is 0 Å². The van der Waals surface area contributed by atoms with Crippen LogP contribution in [0, 0.1) is 5.92 Å². The number of ether oxygens (including phenoxy) is 1. The number of fused-ring (bicyclic) bond motifs is 3. The Balaban J connectivity index is 1.27. The molecule has 1 saturated heterocycles. The van der Waals surface area contributed by atoms with Gasteiger partial charge in [0.15, 0.2) is 0 Å². The molecular weight excluding hydrogens is 440 g/mol. The van der Waals surface area contributed by atoms with E-state index < -0.39 is 0 Å². The van der Waals surface area contributed by atoms with Crippen LogP contribution in [0.25, 0.3) is 10.2 Å². The minimum absolute atomic E-state index is 0.0152. The summed E-state index contributed by atoms with van der Waals surface area (Å²) >= 11 is 3.32. The molecule has 2 atom stereocenters. The number of thioether (sulfide) groups is 1. The number of morpholine rings is 1. The largest absolute Gasteiger partial charge is 0.378 e. The number of nitrogens with one attached hydrogen (secondary N) is 1. The number of carbonyl (C=O) groups excluding carboxylic acids is 1. The third kappa shape index (κ3) is 4.49. The molecule has 1 aliphatic heterocycles. The van der Waals surface area contributed by atoms with E-state index in [1.54, 1.807) is 17.7 Å². The molecule has 0 spiro atoms. The van der Waals surface area contributed by atoms with Crippen LogP contribution < -0.4 is 10.2 Å². The molecule has 8 heteroatoms. The fourth-order valence-electron chi connectivity index (χ4n) is 4.38. The van der Waals surface area contributed by atoms with Crippen molar-refractivity contribution in [3.63, 3.8) is 0 Å². The van der Waals surface area contributed by atoms with Gasteiger partial charge in [-0.15, -0.1) is 11.3 Å². The molecule has 6 nitrogen and oxygen atoms in total. The molecule has 2 aliphatic rings. The Morgan fingerprint density at radius 3 is 2.81 bits per heavy atom. The second-order valence-corrected chi connectivity index (χ2v) is 11.0. The average molecular weight is 469 g/mol. The van der Waals surface area contributed by atoms with Gasteiger partial charge in [-0.05, 0) is 61.9 Å². The number of benzene rings is 1. The molecule has 0 bridgehead atoms. The summed E-state index contributed by atoms with van der Waals surface area (Å²) < 4.78 is 5.42. The van der Waals surface area contributed by atoms with Gasteiger partial charge in [0.05, 0.1) is 18.5 Å². The maximum Gasteiger partial charge on any atom is 0.237 e. The maximum atomic E-state index is 12.9. The van der Waals surface area contributed by atoms with Crippen molar-refractivity contribution in [1.29, 1.82) is 0 Å². The Hall–Kier alpha value is -2.16. The van der Waals surface area contributed by atoms with E-state index >= 15 is 0 Å². The van der Waals surface area contributed by atoms with Gasteiger partial charge in [0.25, 0.3) is 0 Å². The fraction of sp³-hybridized carbons (Fsp3) is 0.458. The van der Waals surface area contributed by atoms with Crippen molar-refractivity contribution in [3.8, 4) is 0 Å². The van der Waals surface area contributed by atoms with Crippen molar-refractivity contribution in [2.45, 2.75) is 43.4 Å². The third-order valence-corrected chi connectivity index (χ3v) is 8.49. The van der Waals surface area contributed by atoms with Gasteiger partial charge in [-0.1, -0.05) is 18.7 Å². The molecule has 1 aliphatic carbocycles. The average Bonchev–Trinajstić information content (AvgIpc) is 3.18. The molecule has 1 fully saturated rings. The van der Waals surface area contributed by atoms with Crippen LogP contribution in [0.2, 0.25) is 0 Å². The van der Waals surface area contributed by atoms with Crippen molar-refractivity contribution in [2.24, 2.45) is 5.92 Å². The van der Waals surface area contributed by atoms with Crippen molar-refractivity contribution in [3.05, 3.63) is 41.0 Å². The first-order valence-electron chi connectivity index (χ1n) is 11.2. The first-order chi connectivity index (χ1) is 15.6. The first-order valence-corrected chi connectivity index (χ1v) is 12.9. The summed E-state index contributed by atoms with van der Waals surface area (Å²) in [6.45, 7) is 7.58. The number of rotatable bonds is 5. The van der Waals surface area contributed by atoms with Crippen LogP contribution in [-0.2, 0) is 22.4 Å². The molecule has 168 valence electrons. The van der Waals surface area contributed by atoms with Crippen LogP contribution in [0.4, 0.5) is 11.4 Å². The van der Waals surface area contributed by atoms with Gasteiger partial charge in [0.2, 0.25) is 5.91 Å². The number of aromatic nitrogens is 2. The van der Waals surface area contributed by atoms with E-state index in [9.17, 15) is 4.79 Å². The molecule has 5 rings (SSSR count). The maximum absolute atomic E-state index is 12.9. The van der Waals surface area contributed by atoms with Crippen LogP contribution in [0.1, 0.15) is 30.7 Å².